The van der Waals surface area contributed by atoms with Crippen LogP contribution < -0.4 is 5.32 Å². The Labute approximate surface area is 105 Å². The van der Waals surface area contributed by atoms with Gasteiger partial charge >= 0.3 is 0 Å². The van der Waals surface area contributed by atoms with Crippen LogP contribution in [0.5, 0.6) is 0 Å². The topological polar surface area (TPSA) is 24.4 Å². The van der Waals surface area contributed by atoms with E-state index in [1.165, 1.54) is 49.4 Å². The highest BCUT2D eigenvalue weighted by molar-refractivity contribution is 8.13. The second kappa shape index (κ2) is 7.21. The lowest BCUT2D eigenvalue weighted by molar-refractivity contribution is 0.390. The molecule has 0 radical (unpaired) electrons. The van der Waals surface area contributed by atoms with Crippen LogP contribution >= 0.6 is 11.8 Å². The zero-order valence-corrected chi connectivity index (χ0v) is 11.8. The highest BCUT2D eigenvalue weighted by Crippen LogP contribution is 2.24. The first-order chi connectivity index (χ1) is 7.70. The van der Waals surface area contributed by atoms with Gasteiger partial charge in [0.1, 0.15) is 0 Å². The number of amidine groups is 1. The summed E-state index contributed by atoms with van der Waals surface area (Å²) in [4.78, 5) is 4.67. The van der Waals surface area contributed by atoms with Crippen LogP contribution in [0.25, 0.3) is 0 Å². The van der Waals surface area contributed by atoms with Crippen molar-refractivity contribution in [2.75, 3.05) is 12.3 Å². The second-order valence-corrected chi connectivity index (χ2v) is 5.97. The molecule has 0 bridgehead atoms. The molecule has 0 amide bonds. The van der Waals surface area contributed by atoms with Gasteiger partial charge in [-0.2, -0.15) is 0 Å². The van der Waals surface area contributed by atoms with E-state index in [1.54, 1.807) is 0 Å². The molecule has 1 heterocycles. The number of aliphatic imine (C=N–C) groups is 1. The summed E-state index contributed by atoms with van der Waals surface area (Å²) in [6, 6.07) is 0. The fourth-order valence-electron chi connectivity index (χ4n) is 1.80. The quantitative estimate of drug-likeness (QED) is 0.716. The summed E-state index contributed by atoms with van der Waals surface area (Å²) in [6.45, 7) is 7.80. The van der Waals surface area contributed by atoms with E-state index in [0.29, 0.717) is 0 Å². The predicted octanol–water partition coefficient (Wildman–Crippen LogP) is 3.82. The lowest BCUT2D eigenvalue weighted by Crippen LogP contribution is -2.48. The van der Waals surface area contributed by atoms with Gasteiger partial charge in [0.05, 0.1) is 0 Å². The average molecular weight is 242 g/mol. The van der Waals surface area contributed by atoms with Crippen LogP contribution in [-0.2, 0) is 0 Å². The number of rotatable bonds is 6. The fraction of sp³-hybridized carbons (Fsp3) is 0.923. The molecule has 0 spiro atoms. The molecule has 3 heteroatoms. The molecule has 16 heavy (non-hydrogen) atoms. The number of unbranched alkanes of at least 4 members (excludes halogenated alkanes) is 3. The zero-order valence-electron chi connectivity index (χ0n) is 11.0. The highest BCUT2D eigenvalue weighted by Gasteiger charge is 2.27. The smallest absolute Gasteiger partial charge is 0.156 e. The van der Waals surface area contributed by atoms with Crippen LogP contribution in [0.1, 0.15) is 59.3 Å². The van der Waals surface area contributed by atoms with Crippen molar-refractivity contribution in [3.05, 3.63) is 0 Å². The fourth-order valence-corrected chi connectivity index (χ4v) is 3.05. The minimum absolute atomic E-state index is 0.285. The van der Waals surface area contributed by atoms with Crippen LogP contribution in [-0.4, -0.2) is 23.0 Å². The van der Waals surface area contributed by atoms with E-state index in [4.69, 9.17) is 0 Å². The Morgan fingerprint density at radius 1 is 1.31 bits per heavy atom. The number of hydrogen-bond donors (Lipinski definition) is 1. The van der Waals surface area contributed by atoms with E-state index in [9.17, 15) is 0 Å². The average Bonchev–Trinajstić information content (AvgIpc) is 2.29. The van der Waals surface area contributed by atoms with Gasteiger partial charge < -0.3 is 5.32 Å². The zero-order chi connectivity index (χ0) is 11.9. The Morgan fingerprint density at radius 3 is 2.81 bits per heavy atom. The van der Waals surface area contributed by atoms with Crippen molar-refractivity contribution in [1.29, 1.82) is 0 Å². The third-order valence-corrected chi connectivity index (χ3v) is 4.26. The van der Waals surface area contributed by atoms with Crippen LogP contribution in [0.4, 0.5) is 0 Å². The number of hydrogen-bond acceptors (Lipinski definition) is 2. The minimum atomic E-state index is 0.285. The largest absolute Gasteiger partial charge is 0.360 e. The molecule has 0 aliphatic carbocycles. The maximum atomic E-state index is 4.67. The van der Waals surface area contributed by atoms with E-state index in [0.717, 1.165) is 6.54 Å². The van der Waals surface area contributed by atoms with E-state index in [-0.39, 0.29) is 5.54 Å². The van der Waals surface area contributed by atoms with Crippen LogP contribution in [0, 0.1) is 0 Å². The molecule has 1 N–H and O–H groups in total. The third-order valence-electron chi connectivity index (χ3n) is 3.35. The highest BCUT2D eigenvalue weighted by atomic mass is 32.2. The van der Waals surface area contributed by atoms with Gasteiger partial charge in [-0.15, -0.1) is 0 Å². The summed E-state index contributed by atoms with van der Waals surface area (Å²) >= 11 is 1.88. The van der Waals surface area contributed by atoms with Crippen molar-refractivity contribution in [1.82, 2.24) is 5.32 Å². The lowest BCUT2D eigenvalue weighted by atomic mass is 9.96. The van der Waals surface area contributed by atoms with Gasteiger partial charge in [-0.25, -0.2) is 0 Å². The van der Waals surface area contributed by atoms with Crippen molar-refractivity contribution in [3.63, 3.8) is 0 Å². The van der Waals surface area contributed by atoms with Crippen LogP contribution in [0.2, 0.25) is 0 Å². The maximum Gasteiger partial charge on any atom is 0.156 e. The molecule has 2 nitrogen and oxygen atoms in total. The number of nitrogens with zero attached hydrogens (tertiary/aromatic N) is 1. The molecule has 0 saturated carbocycles. The Bertz CT molecular complexity index is 228. The Morgan fingerprint density at radius 2 is 2.12 bits per heavy atom. The standard InChI is InChI=1S/C13H26N2S/c1-4-6-7-8-10-14-12-15-13(3,5-2)9-11-16-12/h4-11H2,1-3H3,(H,14,15). The van der Waals surface area contributed by atoms with E-state index < -0.39 is 0 Å². The Hall–Kier alpha value is -0.180. The third kappa shape index (κ3) is 4.77. The first kappa shape index (κ1) is 13.9. The summed E-state index contributed by atoms with van der Waals surface area (Å²) in [6.07, 6.45) is 7.65. The molecular weight excluding hydrogens is 216 g/mol. The molecule has 1 atom stereocenters. The summed E-state index contributed by atoms with van der Waals surface area (Å²) in [7, 11) is 0. The van der Waals surface area contributed by atoms with Crippen molar-refractivity contribution >= 4 is 16.9 Å². The lowest BCUT2D eigenvalue weighted by Gasteiger charge is -2.35. The van der Waals surface area contributed by atoms with Gasteiger partial charge in [-0.1, -0.05) is 44.9 Å². The summed E-state index contributed by atoms with van der Waals surface area (Å²) in [5, 5.41) is 4.76. The van der Waals surface area contributed by atoms with Crippen molar-refractivity contribution in [3.8, 4) is 0 Å². The van der Waals surface area contributed by atoms with Crippen molar-refractivity contribution in [2.24, 2.45) is 4.99 Å². The number of thioether (sulfide) groups is 1. The first-order valence-electron chi connectivity index (χ1n) is 6.65. The van der Waals surface area contributed by atoms with Crippen molar-refractivity contribution in [2.45, 2.75) is 64.8 Å². The SMILES string of the molecule is CCCCCCN=C1NC(C)(CC)CCS1. The first-order valence-corrected chi connectivity index (χ1v) is 7.64. The van der Waals surface area contributed by atoms with Gasteiger partial charge in [0.2, 0.25) is 0 Å². The van der Waals surface area contributed by atoms with E-state index in [2.05, 4.69) is 31.1 Å². The maximum absolute atomic E-state index is 4.67. The molecule has 0 aromatic rings. The Kier molecular flexibility index (Phi) is 6.25. The summed E-state index contributed by atoms with van der Waals surface area (Å²) in [5.41, 5.74) is 0.285. The second-order valence-electron chi connectivity index (χ2n) is 4.89. The molecule has 1 fully saturated rings. The molecule has 1 aliphatic rings. The van der Waals surface area contributed by atoms with Crippen molar-refractivity contribution < 1.29 is 0 Å². The van der Waals surface area contributed by atoms with Gasteiger partial charge in [-0.3, -0.25) is 4.99 Å². The molecule has 1 unspecified atom stereocenters. The Balaban J connectivity index is 2.27. The van der Waals surface area contributed by atoms with Crippen LogP contribution in [0.3, 0.4) is 0 Å². The molecule has 94 valence electrons. The monoisotopic (exact) mass is 242 g/mol. The number of nitrogens with one attached hydrogen (secondary N) is 1. The van der Waals surface area contributed by atoms with Crippen LogP contribution in [0.15, 0.2) is 4.99 Å². The van der Waals surface area contributed by atoms with E-state index >= 15 is 0 Å². The molecule has 1 saturated heterocycles. The molecule has 1 rings (SSSR count). The molecular formula is C13H26N2S. The minimum Gasteiger partial charge on any atom is -0.360 e. The predicted molar refractivity (Wildman–Crippen MR) is 75.4 cm³/mol. The molecule has 0 aromatic heterocycles. The molecule has 1 aliphatic heterocycles. The summed E-state index contributed by atoms with van der Waals surface area (Å²) < 4.78 is 0. The molecule has 0 aromatic carbocycles. The van der Waals surface area contributed by atoms with Gasteiger partial charge in [-0.05, 0) is 26.2 Å². The van der Waals surface area contributed by atoms with Gasteiger partial charge in [0, 0.05) is 17.8 Å². The van der Waals surface area contributed by atoms with Gasteiger partial charge in [0.25, 0.3) is 0 Å². The van der Waals surface area contributed by atoms with E-state index in [1.807, 2.05) is 11.8 Å². The summed E-state index contributed by atoms with van der Waals surface area (Å²) in [5.74, 6) is 1.21. The van der Waals surface area contributed by atoms with Gasteiger partial charge in [0.15, 0.2) is 5.17 Å². The normalized spacial score (nSPS) is 28.1.